The van der Waals surface area contributed by atoms with Gasteiger partial charge in [0.15, 0.2) is 11.6 Å². The van der Waals surface area contributed by atoms with Gasteiger partial charge in [-0.25, -0.2) is 0 Å². The van der Waals surface area contributed by atoms with E-state index in [2.05, 4.69) is 0 Å². The number of rotatable bonds is 6. The van der Waals surface area contributed by atoms with E-state index in [0.717, 1.165) is 11.1 Å². The van der Waals surface area contributed by atoms with Crippen molar-refractivity contribution in [1.82, 2.24) is 0 Å². The topological polar surface area (TPSA) is 81.7 Å². The summed E-state index contributed by atoms with van der Waals surface area (Å²) >= 11 is 0. The lowest BCUT2D eigenvalue weighted by Gasteiger charge is -1.99. The molecule has 0 aromatic heterocycles. The lowest BCUT2D eigenvalue weighted by Crippen LogP contribution is -1.94. The molecule has 0 unspecified atom stereocenters. The third kappa shape index (κ3) is 5.25. The highest BCUT2D eigenvalue weighted by molar-refractivity contribution is 6.07. The van der Waals surface area contributed by atoms with Crippen molar-refractivity contribution in [3.05, 3.63) is 118 Å². The quantitative estimate of drug-likeness (QED) is 0.428. The van der Waals surface area contributed by atoms with Crippen molar-refractivity contribution in [2.24, 2.45) is 0 Å². The van der Waals surface area contributed by atoms with Crippen molar-refractivity contribution in [2.45, 2.75) is 0 Å². The third-order valence-corrected chi connectivity index (χ3v) is 4.36. The highest BCUT2D eigenvalue weighted by atomic mass is 16.1. The summed E-state index contributed by atoms with van der Waals surface area (Å²) in [6.07, 6.45) is 6.37. The molecule has 0 fully saturated rings. The summed E-state index contributed by atoms with van der Waals surface area (Å²) in [4.78, 5) is 24.5. The predicted octanol–water partition coefficient (Wildman–Crippen LogP) is 5.22. The maximum atomic E-state index is 12.3. The molecule has 0 heterocycles. The molecule has 0 aliphatic rings. The van der Waals surface area contributed by atoms with Crippen LogP contribution in [0.4, 0.5) is 0 Å². The highest BCUT2D eigenvalue weighted by Crippen LogP contribution is 2.12. The fraction of sp³-hybridized carbons (Fsp3) is 0. The van der Waals surface area contributed by atoms with Gasteiger partial charge in [-0.3, -0.25) is 9.59 Å². The van der Waals surface area contributed by atoms with E-state index in [1.165, 1.54) is 12.2 Å². The van der Waals surface area contributed by atoms with E-state index in [9.17, 15) is 9.59 Å². The number of hydrogen-bond donors (Lipinski definition) is 0. The summed E-state index contributed by atoms with van der Waals surface area (Å²) in [5.41, 5.74) is 3.68. The van der Waals surface area contributed by atoms with Crippen molar-refractivity contribution in [2.75, 3.05) is 0 Å². The Hall–Kier alpha value is -4.54. The molecule has 0 aliphatic heterocycles. The van der Waals surface area contributed by atoms with Crippen LogP contribution in [0.3, 0.4) is 0 Å². The number of carbonyl (C=O) groups excluding carboxylic acids is 2. The number of benzene rings is 3. The van der Waals surface area contributed by atoms with Gasteiger partial charge in [0.1, 0.15) is 0 Å². The van der Waals surface area contributed by atoms with Crippen molar-refractivity contribution in [3.63, 3.8) is 0 Å². The van der Waals surface area contributed by atoms with E-state index in [0.29, 0.717) is 22.3 Å². The molecule has 0 saturated carbocycles. The summed E-state index contributed by atoms with van der Waals surface area (Å²) in [7, 11) is 0. The van der Waals surface area contributed by atoms with Gasteiger partial charge in [-0.1, -0.05) is 30.4 Å². The first kappa shape index (κ1) is 20.2. The minimum Gasteiger partial charge on any atom is -0.289 e. The van der Waals surface area contributed by atoms with E-state index >= 15 is 0 Å². The van der Waals surface area contributed by atoms with Crippen LogP contribution in [0.1, 0.15) is 43.0 Å². The maximum absolute atomic E-state index is 12.3. The Morgan fingerprint density at radius 1 is 0.633 bits per heavy atom. The van der Waals surface area contributed by atoms with E-state index < -0.39 is 0 Å². The zero-order chi connectivity index (χ0) is 21.3. The summed E-state index contributed by atoms with van der Waals surface area (Å²) in [6.45, 7) is 0. The molecular weight excluding hydrogens is 372 g/mol. The first-order chi connectivity index (χ1) is 14.6. The van der Waals surface area contributed by atoms with Crippen LogP contribution in [0.15, 0.2) is 84.9 Å². The molecule has 4 nitrogen and oxygen atoms in total. The van der Waals surface area contributed by atoms with Crippen molar-refractivity contribution in [3.8, 4) is 12.1 Å². The van der Waals surface area contributed by atoms with E-state index in [1.54, 1.807) is 60.7 Å². The SMILES string of the molecule is N#Cc1ccc(C(=O)/C=C/c2cccc(/C=C/C(=O)c3ccc(C#N)cc3)c2)cc1. The minimum absolute atomic E-state index is 0.156. The van der Waals surface area contributed by atoms with Crippen LogP contribution in [0.5, 0.6) is 0 Å². The number of nitriles is 2. The van der Waals surface area contributed by atoms with Crippen molar-refractivity contribution in [1.29, 1.82) is 10.5 Å². The van der Waals surface area contributed by atoms with Gasteiger partial charge >= 0.3 is 0 Å². The zero-order valence-electron chi connectivity index (χ0n) is 15.9. The molecule has 142 valence electrons. The van der Waals surface area contributed by atoms with Crippen LogP contribution in [0.2, 0.25) is 0 Å². The predicted molar refractivity (Wildman–Crippen MR) is 115 cm³/mol. The summed E-state index contributed by atoms with van der Waals surface area (Å²) in [5, 5.41) is 17.6. The molecule has 0 radical (unpaired) electrons. The molecule has 0 aliphatic carbocycles. The number of nitrogens with zero attached hydrogens (tertiary/aromatic N) is 2. The summed E-state index contributed by atoms with van der Waals surface area (Å²) in [6, 6.07) is 24.4. The number of hydrogen-bond acceptors (Lipinski definition) is 4. The minimum atomic E-state index is -0.156. The van der Waals surface area contributed by atoms with Crippen LogP contribution >= 0.6 is 0 Å². The van der Waals surface area contributed by atoms with E-state index in [4.69, 9.17) is 10.5 Å². The molecule has 3 rings (SSSR count). The monoisotopic (exact) mass is 388 g/mol. The second-order valence-corrected chi connectivity index (χ2v) is 6.44. The number of carbonyl (C=O) groups is 2. The van der Waals surface area contributed by atoms with Gasteiger partial charge in [-0.2, -0.15) is 10.5 Å². The summed E-state index contributed by atoms with van der Waals surface area (Å²) in [5.74, 6) is -0.312. The largest absolute Gasteiger partial charge is 0.289 e. The molecule has 0 spiro atoms. The molecule has 0 saturated heterocycles. The number of ketones is 2. The van der Waals surface area contributed by atoms with Gasteiger partial charge in [0.05, 0.1) is 23.3 Å². The summed E-state index contributed by atoms with van der Waals surface area (Å²) < 4.78 is 0. The second-order valence-electron chi connectivity index (χ2n) is 6.44. The molecule has 0 N–H and O–H groups in total. The van der Waals surface area contributed by atoms with Gasteiger partial charge in [0.25, 0.3) is 0 Å². The van der Waals surface area contributed by atoms with Crippen molar-refractivity contribution < 1.29 is 9.59 Å². The Morgan fingerprint density at radius 2 is 1.03 bits per heavy atom. The smallest absolute Gasteiger partial charge is 0.185 e. The van der Waals surface area contributed by atoms with Crippen LogP contribution < -0.4 is 0 Å². The highest BCUT2D eigenvalue weighted by Gasteiger charge is 2.03. The zero-order valence-corrected chi connectivity index (χ0v) is 15.9. The van der Waals surface area contributed by atoms with Gasteiger partial charge in [0.2, 0.25) is 0 Å². The van der Waals surface area contributed by atoms with Gasteiger partial charge in [-0.15, -0.1) is 0 Å². The van der Waals surface area contributed by atoms with E-state index in [1.807, 2.05) is 36.4 Å². The average molecular weight is 388 g/mol. The van der Waals surface area contributed by atoms with Crippen LogP contribution in [0.25, 0.3) is 12.2 Å². The first-order valence-electron chi connectivity index (χ1n) is 9.14. The molecule has 3 aromatic rings. The Balaban J connectivity index is 1.69. The van der Waals surface area contributed by atoms with Crippen molar-refractivity contribution >= 4 is 23.7 Å². The van der Waals surface area contributed by atoms with Crippen LogP contribution in [-0.4, -0.2) is 11.6 Å². The molecule has 0 amide bonds. The molecule has 0 bridgehead atoms. The standard InChI is InChI=1S/C26H16N2O2/c27-17-21-4-10-23(11-5-21)25(29)14-8-19-2-1-3-20(16-19)9-15-26(30)24-12-6-22(18-28)7-13-24/h1-16H/b14-8+,15-9+. The molecule has 30 heavy (non-hydrogen) atoms. The third-order valence-electron chi connectivity index (χ3n) is 4.36. The van der Waals surface area contributed by atoms with E-state index in [-0.39, 0.29) is 11.6 Å². The van der Waals surface area contributed by atoms with Crippen LogP contribution in [0, 0.1) is 22.7 Å². The second kappa shape index (κ2) is 9.59. The average Bonchev–Trinajstić information content (AvgIpc) is 2.81. The Kier molecular flexibility index (Phi) is 6.46. The van der Waals surface area contributed by atoms with Gasteiger partial charge in [-0.05, 0) is 77.9 Å². The molecule has 0 atom stereocenters. The lowest BCUT2D eigenvalue weighted by atomic mass is 10.0. The fourth-order valence-corrected chi connectivity index (χ4v) is 2.72. The van der Waals surface area contributed by atoms with Crippen LogP contribution in [-0.2, 0) is 0 Å². The van der Waals surface area contributed by atoms with Gasteiger partial charge in [0, 0.05) is 11.1 Å². The Bertz CT molecular complexity index is 1130. The number of allylic oxidation sites excluding steroid dienone is 2. The normalized spacial score (nSPS) is 10.6. The lowest BCUT2D eigenvalue weighted by molar-refractivity contribution is 0.103. The molecular formula is C26H16N2O2. The maximum Gasteiger partial charge on any atom is 0.185 e. The fourth-order valence-electron chi connectivity index (χ4n) is 2.72. The van der Waals surface area contributed by atoms with Gasteiger partial charge < -0.3 is 0 Å². The molecule has 4 heteroatoms. The Morgan fingerprint density at radius 3 is 1.40 bits per heavy atom. The molecule has 3 aromatic carbocycles. The Labute approximate surface area is 174 Å². The first-order valence-corrected chi connectivity index (χ1v) is 9.14.